The smallest absolute Gasteiger partial charge is 0.178 e. The molecule has 0 aliphatic heterocycles. The second-order valence-corrected chi connectivity index (χ2v) is 5.61. The van der Waals surface area contributed by atoms with Gasteiger partial charge in [-0.15, -0.1) is 0 Å². The molecule has 0 radical (unpaired) electrons. The van der Waals surface area contributed by atoms with E-state index >= 15 is 0 Å². The molecule has 0 aliphatic carbocycles. The highest BCUT2D eigenvalue weighted by molar-refractivity contribution is 7.71. The van der Waals surface area contributed by atoms with Crippen LogP contribution in [0.25, 0.3) is 11.0 Å². The highest BCUT2D eigenvalue weighted by Crippen LogP contribution is 2.20. The molecule has 1 N–H and O–H groups in total. The van der Waals surface area contributed by atoms with Gasteiger partial charge < -0.3 is 9.55 Å². The van der Waals surface area contributed by atoms with Crippen LogP contribution >= 0.6 is 12.2 Å². The Morgan fingerprint density at radius 1 is 1.10 bits per heavy atom. The fourth-order valence-corrected chi connectivity index (χ4v) is 2.88. The molecule has 1 aromatic heterocycles. The van der Waals surface area contributed by atoms with E-state index in [1.165, 1.54) is 12.1 Å². The molecule has 0 saturated heterocycles. The molecule has 0 bridgehead atoms. The molecule has 0 saturated carbocycles. The Bertz CT molecular complexity index is 870. The van der Waals surface area contributed by atoms with Crippen molar-refractivity contribution in [2.24, 2.45) is 0 Å². The number of benzene rings is 2. The molecule has 5 heteroatoms. The third-order valence-corrected chi connectivity index (χ3v) is 3.90. The SMILES string of the molecule is Cc1cc(Cn2c(=S)[nH]c3cc(F)ccc32)cc(C)c1F. The third-order valence-electron chi connectivity index (χ3n) is 3.57. The molecule has 21 heavy (non-hydrogen) atoms. The Hall–Kier alpha value is -2.01. The molecule has 3 aromatic rings. The fourth-order valence-electron chi connectivity index (χ4n) is 2.60. The Labute approximate surface area is 126 Å². The molecule has 0 fully saturated rings. The number of nitrogens with zero attached hydrogens (tertiary/aromatic N) is 1. The van der Waals surface area contributed by atoms with E-state index in [9.17, 15) is 8.78 Å². The summed E-state index contributed by atoms with van der Waals surface area (Å²) in [7, 11) is 0. The van der Waals surface area contributed by atoms with Crippen LogP contribution in [0.3, 0.4) is 0 Å². The third kappa shape index (κ3) is 2.49. The predicted octanol–water partition coefficient (Wildman–Crippen LogP) is 4.64. The van der Waals surface area contributed by atoms with Gasteiger partial charge in [0.1, 0.15) is 11.6 Å². The van der Waals surface area contributed by atoms with Crippen LogP contribution in [0.2, 0.25) is 0 Å². The van der Waals surface area contributed by atoms with E-state index in [4.69, 9.17) is 12.2 Å². The predicted molar refractivity (Wildman–Crippen MR) is 82.1 cm³/mol. The molecular weight excluding hydrogens is 290 g/mol. The number of hydrogen-bond donors (Lipinski definition) is 1. The van der Waals surface area contributed by atoms with Gasteiger partial charge in [0.15, 0.2) is 4.77 Å². The van der Waals surface area contributed by atoms with Gasteiger partial charge in [-0.3, -0.25) is 0 Å². The van der Waals surface area contributed by atoms with E-state index in [1.54, 1.807) is 19.9 Å². The molecule has 108 valence electrons. The lowest BCUT2D eigenvalue weighted by Crippen LogP contribution is -2.02. The monoisotopic (exact) mass is 304 g/mol. The van der Waals surface area contributed by atoms with Gasteiger partial charge in [0.05, 0.1) is 17.6 Å². The fraction of sp³-hybridized carbons (Fsp3) is 0.188. The molecule has 0 spiro atoms. The summed E-state index contributed by atoms with van der Waals surface area (Å²) >= 11 is 5.30. The van der Waals surface area contributed by atoms with Gasteiger partial charge >= 0.3 is 0 Å². The van der Waals surface area contributed by atoms with E-state index in [2.05, 4.69) is 4.98 Å². The average molecular weight is 304 g/mol. The highest BCUT2D eigenvalue weighted by Gasteiger charge is 2.09. The van der Waals surface area contributed by atoms with Crippen molar-refractivity contribution in [2.45, 2.75) is 20.4 Å². The van der Waals surface area contributed by atoms with Gasteiger partial charge in [-0.2, -0.15) is 0 Å². The Morgan fingerprint density at radius 2 is 1.76 bits per heavy atom. The lowest BCUT2D eigenvalue weighted by atomic mass is 10.1. The maximum Gasteiger partial charge on any atom is 0.178 e. The first-order valence-corrected chi connectivity index (χ1v) is 7.00. The second-order valence-electron chi connectivity index (χ2n) is 5.22. The zero-order chi connectivity index (χ0) is 15.1. The first-order valence-electron chi connectivity index (χ1n) is 6.59. The molecule has 1 heterocycles. The summed E-state index contributed by atoms with van der Waals surface area (Å²) in [5, 5.41) is 0. The number of nitrogens with one attached hydrogen (secondary N) is 1. The van der Waals surface area contributed by atoms with Crippen molar-refractivity contribution in [3.8, 4) is 0 Å². The summed E-state index contributed by atoms with van der Waals surface area (Å²) in [6, 6.07) is 8.14. The second kappa shape index (κ2) is 5.07. The van der Waals surface area contributed by atoms with E-state index in [0.717, 1.165) is 11.1 Å². The van der Waals surface area contributed by atoms with Crippen molar-refractivity contribution in [1.82, 2.24) is 9.55 Å². The van der Waals surface area contributed by atoms with Crippen LogP contribution in [0.4, 0.5) is 8.78 Å². The number of H-pyrrole nitrogens is 1. The minimum atomic E-state index is -0.306. The lowest BCUT2D eigenvalue weighted by Gasteiger charge is -2.09. The van der Waals surface area contributed by atoms with E-state index in [0.29, 0.717) is 28.0 Å². The number of imidazole rings is 1. The van der Waals surface area contributed by atoms with Crippen molar-refractivity contribution in [1.29, 1.82) is 0 Å². The molecular formula is C16H14F2N2S. The van der Waals surface area contributed by atoms with E-state index in [1.807, 2.05) is 16.7 Å². The van der Waals surface area contributed by atoms with Gasteiger partial charge in [-0.1, -0.05) is 12.1 Å². The van der Waals surface area contributed by atoms with Gasteiger partial charge in [0.25, 0.3) is 0 Å². The van der Waals surface area contributed by atoms with Crippen LogP contribution in [0.15, 0.2) is 30.3 Å². The summed E-state index contributed by atoms with van der Waals surface area (Å²) in [4.78, 5) is 2.99. The summed E-state index contributed by atoms with van der Waals surface area (Å²) in [5.74, 6) is -0.484. The zero-order valence-electron chi connectivity index (χ0n) is 11.7. The summed E-state index contributed by atoms with van der Waals surface area (Å²) in [6.07, 6.45) is 0. The van der Waals surface area contributed by atoms with Crippen molar-refractivity contribution < 1.29 is 8.78 Å². The number of aromatic nitrogens is 2. The van der Waals surface area contributed by atoms with Gasteiger partial charge in [-0.05, 0) is 61.0 Å². The first kappa shape index (κ1) is 13.9. The van der Waals surface area contributed by atoms with Crippen LogP contribution in [0.1, 0.15) is 16.7 Å². The number of aromatic amines is 1. The topological polar surface area (TPSA) is 20.7 Å². The van der Waals surface area contributed by atoms with Crippen LogP contribution in [0.5, 0.6) is 0 Å². The molecule has 0 amide bonds. The summed E-state index contributed by atoms with van der Waals surface area (Å²) in [5.41, 5.74) is 3.69. The number of halogens is 2. The van der Waals surface area contributed by atoms with Crippen LogP contribution in [-0.2, 0) is 6.54 Å². The van der Waals surface area contributed by atoms with Crippen LogP contribution < -0.4 is 0 Å². The minimum Gasteiger partial charge on any atom is -0.330 e. The summed E-state index contributed by atoms with van der Waals surface area (Å²) in [6.45, 7) is 4.01. The maximum atomic E-state index is 13.7. The van der Waals surface area contributed by atoms with Crippen LogP contribution in [-0.4, -0.2) is 9.55 Å². The number of aryl methyl sites for hydroxylation is 2. The van der Waals surface area contributed by atoms with Gasteiger partial charge in [0.2, 0.25) is 0 Å². The average Bonchev–Trinajstić information content (AvgIpc) is 2.71. The van der Waals surface area contributed by atoms with Gasteiger partial charge in [0, 0.05) is 0 Å². The molecule has 3 rings (SSSR count). The Balaban J connectivity index is 2.10. The Kier molecular flexibility index (Phi) is 3.37. The van der Waals surface area contributed by atoms with Crippen molar-refractivity contribution in [3.05, 3.63) is 63.4 Å². The number of rotatable bonds is 2. The molecule has 0 atom stereocenters. The van der Waals surface area contributed by atoms with E-state index in [-0.39, 0.29) is 11.6 Å². The standard InChI is InChI=1S/C16H14F2N2S/c1-9-5-11(6-10(2)15(9)18)8-20-14-4-3-12(17)7-13(14)19-16(20)21/h3-7H,8H2,1-2H3,(H,19,21). The first-order chi connectivity index (χ1) is 9.95. The minimum absolute atomic E-state index is 0.177. The maximum absolute atomic E-state index is 13.7. The molecule has 0 aliphatic rings. The highest BCUT2D eigenvalue weighted by atomic mass is 32.1. The van der Waals surface area contributed by atoms with E-state index < -0.39 is 0 Å². The number of hydrogen-bond acceptors (Lipinski definition) is 1. The quantitative estimate of drug-likeness (QED) is 0.684. The zero-order valence-corrected chi connectivity index (χ0v) is 12.5. The van der Waals surface area contributed by atoms with Crippen molar-refractivity contribution >= 4 is 23.3 Å². The number of fused-ring (bicyclic) bond motifs is 1. The van der Waals surface area contributed by atoms with Crippen molar-refractivity contribution in [3.63, 3.8) is 0 Å². The Morgan fingerprint density at radius 3 is 2.43 bits per heavy atom. The molecule has 2 nitrogen and oxygen atoms in total. The molecule has 2 aromatic carbocycles. The lowest BCUT2D eigenvalue weighted by molar-refractivity contribution is 0.607. The van der Waals surface area contributed by atoms with Gasteiger partial charge in [-0.25, -0.2) is 8.78 Å². The van der Waals surface area contributed by atoms with Crippen molar-refractivity contribution in [2.75, 3.05) is 0 Å². The molecule has 0 unspecified atom stereocenters. The normalized spacial score (nSPS) is 11.2. The largest absolute Gasteiger partial charge is 0.330 e. The van der Waals surface area contributed by atoms with Crippen LogP contribution in [0, 0.1) is 30.3 Å². The summed E-state index contributed by atoms with van der Waals surface area (Å²) < 4.78 is 29.3.